The molecule has 2 aromatic carbocycles. The fourth-order valence-electron chi connectivity index (χ4n) is 2.48. The van der Waals surface area contributed by atoms with Gasteiger partial charge in [0.2, 0.25) is 5.91 Å². The number of halogens is 1. The number of anilines is 1. The van der Waals surface area contributed by atoms with E-state index in [1.807, 2.05) is 43.3 Å². The van der Waals surface area contributed by atoms with E-state index in [4.69, 9.17) is 16.3 Å². The molecular weight excluding hydrogens is 324 g/mol. The average molecular weight is 347 g/mol. The van der Waals surface area contributed by atoms with Crippen LogP contribution in [0.5, 0.6) is 5.75 Å². The van der Waals surface area contributed by atoms with E-state index >= 15 is 0 Å². The van der Waals surface area contributed by atoms with Crippen LogP contribution in [0.2, 0.25) is 5.02 Å². The van der Waals surface area contributed by atoms with Crippen LogP contribution in [-0.4, -0.2) is 19.1 Å². The number of carbonyl (C=O) groups is 1. The van der Waals surface area contributed by atoms with E-state index in [-0.39, 0.29) is 18.0 Å². The fraction of sp³-hybridized carbons (Fsp3) is 0.316. The van der Waals surface area contributed by atoms with Gasteiger partial charge in [-0.15, -0.1) is 0 Å². The van der Waals surface area contributed by atoms with E-state index < -0.39 is 0 Å². The van der Waals surface area contributed by atoms with Crippen LogP contribution < -0.4 is 15.4 Å². The van der Waals surface area contributed by atoms with Crippen LogP contribution in [0.15, 0.2) is 48.5 Å². The largest absolute Gasteiger partial charge is 0.497 e. The van der Waals surface area contributed by atoms with Gasteiger partial charge in [0.05, 0.1) is 13.2 Å². The van der Waals surface area contributed by atoms with Crippen molar-refractivity contribution in [2.24, 2.45) is 0 Å². The van der Waals surface area contributed by atoms with Gasteiger partial charge in [0, 0.05) is 16.8 Å². The highest BCUT2D eigenvalue weighted by Crippen LogP contribution is 2.21. The maximum atomic E-state index is 12.4. The molecule has 0 bridgehead atoms. The van der Waals surface area contributed by atoms with Gasteiger partial charge in [0.25, 0.3) is 0 Å². The van der Waals surface area contributed by atoms with E-state index in [1.54, 1.807) is 19.2 Å². The predicted molar refractivity (Wildman–Crippen MR) is 98.7 cm³/mol. The molecule has 0 aromatic heterocycles. The van der Waals surface area contributed by atoms with Crippen molar-refractivity contribution >= 4 is 23.2 Å². The molecule has 0 aliphatic carbocycles. The Hall–Kier alpha value is -2.04. The summed E-state index contributed by atoms with van der Waals surface area (Å²) < 4.78 is 5.18. The van der Waals surface area contributed by atoms with Crippen LogP contribution >= 0.6 is 11.6 Å². The van der Waals surface area contributed by atoms with Gasteiger partial charge in [0.1, 0.15) is 5.75 Å². The molecule has 4 nitrogen and oxygen atoms in total. The Labute approximate surface area is 148 Å². The van der Waals surface area contributed by atoms with Crippen molar-refractivity contribution in [1.82, 2.24) is 5.32 Å². The molecule has 1 amide bonds. The van der Waals surface area contributed by atoms with Crippen LogP contribution in [0, 0.1) is 0 Å². The van der Waals surface area contributed by atoms with Gasteiger partial charge in [-0.1, -0.05) is 36.7 Å². The Morgan fingerprint density at radius 2 is 1.92 bits per heavy atom. The minimum Gasteiger partial charge on any atom is -0.497 e. The van der Waals surface area contributed by atoms with Crippen LogP contribution in [0.3, 0.4) is 0 Å². The summed E-state index contributed by atoms with van der Waals surface area (Å²) in [6.45, 7) is 3.94. The molecule has 2 N–H and O–H groups in total. The fourth-order valence-corrected chi connectivity index (χ4v) is 2.67. The predicted octanol–water partition coefficient (Wildman–Crippen LogP) is 4.42. The van der Waals surface area contributed by atoms with Gasteiger partial charge in [-0.25, -0.2) is 0 Å². The van der Waals surface area contributed by atoms with Crippen LogP contribution in [0.1, 0.15) is 31.9 Å². The normalized spacial score (nSPS) is 13.2. The molecule has 0 aliphatic heterocycles. The lowest BCUT2D eigenvalue weighted by Gasteiger charge is -2.22. The van der Waals surface area contributed by atoms with Gasteiger partial charge in [-0.2, -0.15) is 0 Å². The minimum atomic E-state index is -0.337. The van der Waals surface area contributed by atoms with E-state index in [0.29, 0.717) is 10.7 Å². The zero-order valence-corrected chi connectivity index (χ0v) is 14.9. The Balaban J connectivity index is 1.99. The molecule has 2 aromatic rings. The standard InChI is InChI=1S/C19H23ClN2O2/c1-4-18(14-8-10-17(24-3)11-9-14)21-13(2)19(23)22-16-7-5-6-15(20)12-16/h5-13,18,21H,4H2,1-3H3,(H,22,23)/t13-,18+/m1/s1. The number of methoxy groups -OCH3 is 1. The first-order valence-electron chi connectivity index (χ1n) is 8.00. The van der Waals surface area contributed by atoms with E-state index in [0.717, 1.165) is 17.7 Å². The summed E-state index contributed by atoms with van der Waals surface area (Å²) in [7, 11) is 1.65. The molecule has 0 fully saturated rings. The molecule has 0 saturated carbocycles. The van der Waals surface area contributed by atoms with Crippen molar-refractivity contribution < 1.29 is 9.53 Å². The van der Waals surface area contributed by atoms with Crippen molar-refractivity contribution in [1.29, 1.82) is 0 Å². The van der Waals surface area contributed by atoms with Gasteiger partial charge in [-0.05, 0) is 49.2 Å². The average Bonchev–Trinajstić information content (AvgIpc) is 2.59. The molecule has 24 heavy (non-hydrogen) atoms. The van der Waals surface area contributed by atoms with Gasteiger partial charge in [0.15, 0.2) is 0 Å². The first kappa shape index (κ1) is 18.3. The maximum absolute atomic E-state index is 12.4. The summed E-state index contributed by atoms with van der Waals surface area (Å²) in [5, 5.41) is 6.84. The maximum Gasteiger partial charge on any atom is 0.241 e. The SMILES string of the molecule is CC[C@H](N[C@H](C)C(=O)Nc1cccc(Cl)c1)c1ccc(OC)cc1. The molecule has 0 radical (unpaired) electrons. The van der Waals surface area contributed by atoms with E-state index in [1.165, 1.54) is 0 Å². The van der Waals surface area contributed by atoms with Crippen molar-refractivity contribution in [3.8, 4) is 5.75 Å². The van der Waals surface area contributed by atoms with Crippen molar-refractivity contribution in [3.05, 3.63) is 59.1 Å². The van der Waals surface area contributed by atoms with Crippen molar-refractivity contribution in [2.45, 2.75) is 32.4 Å². The monoisotopic (exact) mass is 346 g/mol. The summed E-state index contributed by atoms with van der Waals surface area (Å²) >= 11 is 5.94. The zero-order valence-electron chi connectivity index (χ0n) is 14.2. The number of nitrogens with one attached hydrogen (secondary N) is 2. The number of carbonyl (C=O) groups excluding carboxylic acids is 1. The molecule has 0 aliphatic rings. The second-order valence-electron chi connectivity index (χ2n) is 5.62. The number of hydrogen-bond donors (Lipinski definition) is 2. The highest BCUT2D eigenvalue weighted by Gasteiger charge is 2.18. The van der Waals surface area contributed by atoms with Crippen molar-refractivity contribution in [3.63, 3.8) is 0 Å². The Morgan fingerprint density at radius 3 is 2.50 bits per heavy atom. The molecule has 0 heterocycles. The van der Waals surface area contributed by atoms with Crippen LogP contribution in [0.25, 0.3) is 0 Å². The molecule has 2 atom stereocenters. The quantitative estimate of drug-likeness (QED) is 0.780. The first-order chi connectivity index (χ1) is 11.5. The van der Waals surface area contributed by atoms with E-state index in [9.17, 15) is 4.79 Å². The van der Waals surface area contributed by atoms with Crippen molar-refractivity contribution in [2.75, 3.05) is 12.4 Å². The number of benzene rings is 2. The molecule has 0 saturated heterocycles. The molecule has 2 rings (SSSR count). The van der Waals surface area contributed by atoms with Crippen LogP contribution in [0.4, 0.5) is 5.69 Å². The topological polar surface area (TPSA) is 50.4 Å². The van der Waals surface area contributed by atoms with Gasteiger partial charge >= 0.3 is 0 Å². The number of amides is 1. The molecular formula is C19H23ClN2O2. The summed E-state index contributed by atoms with van der Waals surface area (Å²) in [4.78, 5) is 12.4. The third-order valence-corrected chi connectivity index (χ3v) is 4.10. The Kier molecular flexibility index (Phi) is 6.64. The molecule has 0 spiro atoms. The van der Waals surface area contributed by atoms with E-state index in [2.05, 4.69) is 17.6 Å². The highest BCUT2D eigenvalue weighted by atomic mass is 35.5. The number of rotatable bonds is 7. The summed E-state index contributed by atoms with van der Waals surface area (Å²) in [6, 6.07) is 14.8. The number of hydrogen-bond acceptors (Lipinski definition) is 3. The van der Waals surface area contributed by atoms with Crippen LogP contribution in [-0.2, 0) is 4.79 Å². The minimum absolute atomic E-state index is 0.0933. The third-order valence-electron chi connectivity index (χ3n) is 3.86. The smallest absolute Gasteiger partial charge is 0.241 e. The Morgan fingerprint density at radius 1 is 1.21 bits per heavy atom. The molecule has 5 heteroatoms. The summed E-state index contributed by atoms with van der Waals surface area (Å²) in [5.41, 5.74) is 1.82. The second-order valence-corrected chi connectivity index (χ2v) is 6.06. The lowest BCUT2D eigenvalue weighted by Crippen LogP contribution is -2.40. The zero-order chi connectivity index (χ0) is 17.5. The second kappa shape index (κ2) is 8.71. The summed E-state index contributed by atoms with van der Waals surface area (Å²) in [6.07, 6.45) is 0.876. The molecule has 128 valence electrons. The lowest BCUT2D eigenvalue weighted by molar-refractivity contribution is -0.118. The van der Waals surface area contributed by atoms with Gasteiger partial charge < -0.3 is 10.1 Å². The first-order valence-corrected chi connectivity index (χ1v) is 8.37. The Bertz CT molecular complexity index is 673. The highest BCUT2D eigenvalue weighted by molar-refractivity contribution is 6.30. The number of ether oxygens (including phenoxy) is 1. The summed E-state index contributed by atoms with van der Waals surface area (Å²) in [5.74, 6) is 0.726. The third kappa shape index (κ3) is 4.98. The van der Waals surface area contributed by atoms with Gasteiger partial charge in [-0.3, -0.25) is 10.1 Å². The molecule has 0 unspecified atom stereocenters. The lowest BCUT2D eigenvalue weighted by atomic mass is 10.0.